The molecule has 2 heterocycles. The first-order chi connectivity index (χ1) is 9.28. The fraction of sp³-hybridized carbons (Fsp3) is 0.333. The summed E-state index contributed by atoms with van der Waals surface area (Å²) < 4.78 is 0. The Morgan fingerprint density at radius 2 is 2.05 bits per heavy atom. The molecule has 0 aliphatic carbocycles. The van der Waals surface area contributed by atoms with Crippen LogP contribution in [0, 0.1) is 18.3 Å². The van der Waals surface area contributed by atoms with E-state index in [2.05, 4.69) is 27.2 Å². The van der Waals surface area contributed by atoms with E-state index in [0.717, 1.165) is 35.6 Å². The Labute approximate surface area is 112 Å². The number of anilines is 1. The van der Waals surface area contributed by atoms with Crippen LogP contribution in [0.1, 0.15) is 24.1 Å². The summed E-state index contributed by atoms with van der Waals surface area (Å²) in [7, 11) is 0. The SMILES string of the molecule is Cc1[nH]ncc1-c1cc(C#N)cc(N2CCCC2)c1. The molecular weight excluding hydrogens is 236 g/mol. The van der Waals surface area contributed by atoms with Gasteiger partial charge in [0.05, 0.1) is 17.8 Å². The van der Waals surface area contributed by atoms with Crippen molar-refractivity contribution in [2.45, 2.75) is 19.8 Å². The predicted molar refractivity (Wildman–Crippen MR) is 74.9 cm³/mol. The zero-order chi connectivity index (χ0) is 13.2. The smallest absolute Gasteiger partial charge is 0.0992 e. The van der Waals surface area contributed by atoms with E-state index in [9.17, 15) is 5.26 Å². The van der Waals surface area contributed by atoms with Crippen LogP contribution in [0.3, 0.4) is 0 Å². The number of aromatic nitrogens is 2. The Morgan fingerprint density at radius 3 is 2.68 bits per heavy atom. The van der Waals surface area contributed by atoms with E-state index in [1.807, 2.05) is 25.3 Å². The summed E-state index contributed by atoms with van der Waals surface area (Å²) >= 11 is 0. The molecule has 0 spiro atoms. The second kappa shape index (κ2) is 4.77. The lowest BCUT2D eigenvalue weighted by atomic mass is 10.0. The molecule has 0 bridgehead atoms. The van der Waals surface area contributed by atoms with Crippen molar-refractivity contribution in [2.75, 3.05) is 18.0 Å². The summed E-state index contributed by atoms with van der Waals surface area (Å²) in [6.07, 6.45) is 4.29. The summed E-state index contributed by atoms with van der Waals surface area (Å²) in [4.78, 5) is 2.35. The molecule has 2 aromatic rings. The molecule has 0 saturated carbocycles. The van der Waals surface area contributed by atoms with Crippen molar-refractivity contribution in [3.63, 3.8) is 0 Å². The van der Waals surface area contributed by atoms with E-state index in [1.54, 1.807) is 0 Å². The standard InChI is InChI=1S/C15H16N4/c1-11-15(10-17-18-11)13-6-12(9-16)7-14(8-13)19-4-2-3-5-19/h6-8,10H,2-5H2,1H3,(H,17,18). The maximum atomic E-state index is 9.20. The van der Waals surface area contributed by atoms with Gasteiger partial charge in [-0.1, -0.05) is 0 Å². The molecule has 1 fully saturated rings. The first kappa shape index (κ1) is 11.8. The van der Waals surface area contributed by atoms with E-state index in [-0.39, 0.29) is 0 Å². The van der Waals surface area contributed by atoms with Crippen molar-refractivity contribution in [1.29, 1.82) is 5.26 Å². The number of nitrogens with zero attached hydrogens (tertiary/aromatic N) is 3. The average Bonchev–Trinajstić information content (AvgIpc) is 3.09. The number of hydrogen-bond acceptors (Lipinski definition) is 3. The predicted octanol–water partition coefficient (Wildman–Crippen LogP) is 2.86. The van der Waals surface area contributed by atoms with Crippen molar-refractivity contribution in [3.8, 4) is 17.2 Å². The zero-order valence-corrected chi connectivity index (χ0v) is 11.0. The van der Waals surface area contributed by atoms with Crippen LogP contribution in [-0.4, -0.2) is 23.3 Å². The zero-order valence-electron chi connectivity index (χ0n) is 11.0. The van der Waals surface area contributed by atoms with Gasteiger partial charge in [-0.05, 0) is 43.5 Å². The Balaban J connectivity index is 2.07. The van der Waals surface area contributed by atoms with Gasteiger partial charge in [-0.15, -0.1) is 0 Å². The highest BCUT2D eigenvalue weighted by atomic mass is 15.1. The molecule has 4 nitrogen and oxygen atoms in total. The molecule has 0 unspecified atom stereocenters. The molecule has 4 heteroatoms. The molecule has 3 rings (SSSR count). The van der Waals surface area contributed by atoms with Crippen LogP contribution in [0.4, 0.5) is 5.69 Å². The third kappa shape index (κ3) is 2.19. The van der Waals surface area contributed by atoms with E-state index in [4.69, 9.17) is 0 Å². The molecule has 96 valence electrons. The van der Waals surface area contributed by atoms with Crippen molar-refractivity contribution < 1.29 is 0 Å². The number of H-pyrrole nitrogens is 1. The Kier molecular flexibility index (Phi) is 2.96. The van der Waals surface area contributed by atoms with Crippen LogP contribution >= 0.6 is 0 Å². The van der Waals surface area contributed by atoms with Crippen molar-refractivity contribution in [3.05, 3.63) is 35.7 Å². The van der Waals surface area contributed by atoms with Gasteiger partial charge in [-0.25, -0.2) is 0 Å². The molecular formula is C15H16N4. The number of aryl methyl sites for hydroxylation is 1. The minimum Gasteiger partial charge on any atom is -0.371 e. The molecule has 1 aliphatic heterocycles. The van der Waals surface area contributed by atoms with Crippen molar-refractivity contribution >= 4 is 5.69 Å². The van der Waals surface area contributed by atoms with Crippen molar-refractivity contribution in [2.24, 2.45) is 0 Å². The highest BCUT2D eigenvalue weighted by Gasteiger charge is 2.15. The number of aromatic amines is 1. The fourth-order valence-electron chi connectivity index (χ4n) is 2.63. The maximum absolute atomic E-state index is 9.20. The van der Waals surface area contributed by atoms with Gasteiger partial charge >= 0.3 is 0 Å². The molecule has 1 aromatic carbocycles. The average molecular weight is 252 g/mol. The Bertz CT molecular complexity index is 630. The van der Waals surface area contributed by atoms with E-state index in [1.165, 1.54) is 12.8 Å². The first-order valence-corrected chi connectivity index (χ1v) is 6.58. The molecule has 0 amide bonds. The topological polar surface area (TPSA) is 55.7 Å². The largest absolute Gasteiger partial charge is 0.371 e. The summed E-state index contributed by atoms with van der Waals surface area (Å²) in [6, 6.07) is 8.32. The van der Waals surface area contributed by atoms with E-state index in [0.29, 0.717) is 5.56 Å². The van der Waals surface area contributed by atoms with Gasteiger partial charge in [0.25, 0.3) is 0 Å². The minimum absolute atomic E-state index is 0.708. The van der Waals surface area contributed by atoms with Gasteiger partial charge in [-0.3, -0.25) is 5.10 Å². The van der Waals surface area contributed by atoms with E-state index < -0.39 is 0 Å². The first-order valence-electron chi connectivity index (χ1n) is 6.58. The number of hydrogen-bond donors (Lipinski definition) is 1. The van der Waals surface area contributed by atoms with Crippen molar-refractivity contribution in [1.82, 2.24) is 10.2 Å². The summed E-state index contributed by atoms with van der Waals surface area (Å²) in [6.45, 7) is 4.16. The van der Waals surface area contributed by atoms with Gasteiger partial charge in [-0.2, -0.15) is 10.4 Å². The molecule has 19 heavy (non-hydrogen) atoms. The second-order valence-electron chi connectivity index (χ2n) is 4.98. The molecule has 1 saturated heterocycles. The molecule has 1 N–H and O–H groups in total. The number of nitriles is 1. The van der Waals surface area contributed by atoms with Gasteiger partial charge < -0.3 is 4.90 Å². The van der Waals surface area contributed by atoms with Gasteiger partial charge in [0.1, 0.15) is 0 Å². The number of nitrogens with one attached hydrogen (secondary N) is 1. The third-order valence-corrected chi connectivity index (χ3v) is 3.66. The van der Waals surface area contributed by atoms with Crippen LogP contribution in [0.5, 0.6) is 0 Å². The van der Waals surface area contributed by atoms with Crippen LogP contribution in [0.25, 0.3) is 11.1 Å². The fourth-order valence-corrected chi connectivity index (χ4v) is 2.63. The molecule has 1 aliphatic rings. The lowest BCUT2D eigenvalue weighted by molar-refractivity contribution is 0.949. The lowest BCUT2D eigenvalue weighted by Gasteiger charge is -2.18. The summed E-state index contributed by atoms with van der Waals surface area (Å²) in [5, 5.41) is 16.2. The third-order valence-electron chi connectivity index (χ3n) is 3.66. The van der Waals surface area contributed by atoms with Crippen LogP contribution in [-0.2, 0) is 0 Å². The van der Waals surface area contributed by atoms with Gasteiger partial charge in [0.2, 0.25) is 0 Å². The molecule has 1 aromatic heterocycles. The van der Waals surface area contributed by atoms with E-state index >= 15 is 0 Å². The van der Waals surface area contributed by atoms with Crippen LogP contribution in [0.2, 0.25) is 0 Å². The maximum Gasteiger partial charge on any atom is 0.0992 e. The quantitative estimate of drug-likeness (QED) is 0.894. The summed E-state index contributed by atoms with van der Waals surface area (Å²) in [5.74, 6) is 0. The monoisotopic (exact) mass is 252 g/mol. The Hall–Kier alpha value is -2.28. The van der Waals surface area contributed by atoms with Gasteiger partial charge in [0, 0.05) is 30.0 Å². The Morgan fingerprint density at radius 1 is 1.26 bits per heavy atom. The highest BCUT2D eigenvalue weighted by Crippen LogP contribution is 2.29. The number of benzene rings is 1. The lowest BCUT2D eigenvalue weighted by Crippen LogP contribution is -2.17. The minimum atomic E-state index is 0.708. The van der Waals surface area contributed by atoms with Crippen LogP contribution in [0.15, 0.2) is 24.4 Å². The molecule has 0 radical (unpaired) electrons. The van der Waals surface area contributed by atoms with Crippen LogP contribution < -0.4 is 4.90 Å². The second-order valence-corrected chi connectivity index (χ2v) is 4.98. The normalized spacial score (nSPS) is 14.6. The molecule has 0 atom stereocenters. The highest BCUT2D eigenvalue weighted by molar-refractivity contribution is 5.72. The van der Waals surface area contributed by atoms with Gasteiger partial charge in [0.15, 0.2) is 0 Å². The number of rotatable bonds is 2. The summed E-state index contributed by atoms with van der Waals surface area (Å²) in [5.41, 5.74) is 5.01.